The average molecular weight is 389 g/mol. The van der Waals surface area contributed by atoms with Gasteiger partial charge in [0.1, 0.15) is 17.6 Å². The Morgan fingerprint density at radius 1 is 1.00 bits per heavy atom. The van der Waals surface area contributed by atoms with E-state index in [0.717, 1.165) is 11.4 Å². The summed E-state index contributed by atoms with van der Waals surface area (Å²) in [7, 11) is 0. The van der Waals surface area contributed by atoms with Crippen LogP contribution in [0.25, 0.3) is 11.4 Å². The summed E-state index contributed by atoms with van der Waals surface area (Å²) in [6.45, 7) is 0. The van der Waals surface area contributed by atoms with Crippen molar-refractivity contribution in [2.24, 2.45) is 0 Å². The first-order valence-corrected chi connectivity index (χ1v) is 8.23. The molecule has 1 aromatic carbocycles. The fourth-order valence-corrected chi connectivity index (χ4v) is 2.62. The van der Waals surface area contributed by atoms with Crippen LogP contribution in [0.15, 0.2) is 72.9 Å². The molecule has 0 bridgehead atoms. The highest BCUT2D eigenvalue weighted by Crippen LogP contribution is 2.29. The van der Waals surface area contributed by atoms with E-state index in [9.17, 15) is 13.2 Å². The van der Waals surface area contributed by atoms with Crippen molar-refractivity contribution in [3.05, 3.63) is 78.4 Å². The summed E-state index contributed by atoms with van der Waals surface area (Å²) in [5.74, 6) is 0.568. The van der Waals surface area contributed by atoms with Crippen molar-refractivity contribution in [2.45, 2.75) is 12.5 Å². The first-order chi connectivity index (χ1) is 13.5. The predicted octanol–water partition coefficient (Wildman–Crippen LogP) is 4.47. The first kappa shape index (κ1) is 17.9. The summed E-state index contributed by atoms with van der Waals surface area (Å²) in [4.78, 5) is 12.8. The third-order valence-electron chi connectivity index (χ3n) is 3.87. The number of nitrogens with one attached hydrogen (secondary N) is 2. The van der Waals surface area contributed by atoms with Crippen LogP contribution in [-0.2, 0) is 4.84 Å². The third-order valence-corrected chi connectivity index (χ3v) is 3.87. The lowest BCUT2D eigenvalue weighted by molar-refractivity contribution is -0.274. The molecule has 0 saturated heterocycles. The Labute approximate surface area is 157 Å². The summed E-state index contributed by atoms with van der Waals surface area (Å²) in [5, 5.41) is 0. The zero-order valence-electron chi connectivity index (χ0n) is 14.2. The molecular formula is C19H14F3N3O3. The Morgan fingerprint density at radius 2 is 1.79 bits per heavy atom. The van der Waals surface area contributed by atoms with E-state index < -0.39 is 12.5 Å². The van der Waals surface area contributed by atoms with Gasteiger partial charge < -0.3 is 14.5 Å². The number of hydrogen-bond acceptors (Lipinski definition) is 5. The molecule has 0 saturated carbocycles. The van der Waals surface area contributed by atoms with E-state index >= 15 is 0 Å². The number of hydrogen-bond donors (Lipinski definition) is 2. The van der Waals surface area contributed by atoms with Gasteiger partial charge in [-0.25, -0.2) is 5.48 Å². The van der Waals surface area contributed by atoms with Crippen molar-refractivity contribution in [3.8, 4) is 22.9 Å². The minimum atomic E-state index is -4.72. The summed E-state index contributed by atoms with van der Waals surface area (Å²) >= 11 is 0. The number of nitrogens with zero attached hydrogens (tertiary/aromatic N) is 1. The summed E-state index contributed by atoms with van der Waals surface area (Å²) in [6, 6.07) is 12.8. The highest BCUT2D eigenvalue weighted by Gasteiger charge is 2.31. The summed E-state index contributed by atoms with van der Waals surface area (Å²) < 4.78 is 46.2. The van der Waals surface area contributed by atoms with Gasteiger partial charge in [0.15, 0.2) is 0 Å². The third kappa shape index (κ3) is 4.26. The normalized spacial score (nSPS) is 16.4. The van der Waals surface area contributed by atoms with Crippen LogP contribution in [0.4, 0.5) is 13.2 Å². The van der Waals surface area contributed by atoms with Crippen LogP contribution in [-0.4, -0.2) is 16.3 Å². The van der Waals surface area contributed by atoms with Crippen LogP contribution in [0, 0.1) is 0 Å². The Morgan fingerprint density at radius 3 is 2.43 bits per heavy atom. The molecular weight excluding hydrogens is 375 g/mol. The second kappa shape index (κ2) is 7.28. The highest BCUT2D eigenvalue weighted by atomic mass is 19.4. The number of benzene rings is 1. The molecule has 3 heterocycles. The topological polar surface area (TPSA) is 68.4 Å². The molecule has 4 rings (SSSR count). The maximum atomic E-state index is 12.2. The van der Waals surface area contributed by atoms with Crippen LogP contribution in [0.5, 0.6) is 11.5 Å². The molecule has 28 heavy (non-hydrogen) atoms. The Kier molecular flexibility index (Phi) is 4.66. The zero-order chi connectivity index (χ0) is 19.6. The number of ether oxygens (including phenoxy) is 2. The number of hydroxylamine groups is 1. The molecule has 1 aliphatic heterocycles. The smallest absolute Gasteiger partial charge is 0.438 e. The minimum absolute atomic E-state index is 0.295. The first-order valence-electron chi connectivity index (χ1n) is 8.23. The van der Waals surface area contributed by atoms with Crippen molar-refractivity contribution >= 4 is 0 Å². The quantitative estimate of drug-likeness (QED) is 0.674. The molecule has 0 unspecified atom stereocenters. The van der Waals surface area contributed by atoms with Gasteiger partial charge in [-0.05, 0) is 42.0 Å². The summed E-state index contributed by atoms with van der Waals surface area (Å²) in [6.07, 6.45) is -0.180. The van der Waals surface area contributed by atoms with Gasteiger partial charge in [0.25, 0.3) is 0 Å². The molecule has 3 aromatic rings. The number of pyridine rings is 1. The van der Waals surface area contributed by atoms with E-state index in [1.54, 1.807) is 18.3 Å². The van der Waals surface area contributed by atoms with Crippen molar-refractivity contribution < 1.29 is 27.5 Å². The number of aromatic amines is 1. The van der Waals surface area contributed by atoms with Gasteiger partial charge in [0.05, 0.1) is 17.6 Å². The molecule has 0 amide bonds. The van der Waals surface area contributed by atoms with E-state index in [-0.39, 0.29) is 5.75 Å². The number of aromatic nitrogens is 2. The van der Waals surface area contributed by atoms with Gasteiger partial charge in [-0.1, -0.05) is 12.1 Å². The lowest BCUT2D eigenvalue weighted by Crippen LogP contribution is -2.17. The monoisotopic (exact) mass is 389 g/mol. The number of H-pyrrole nitrogens is 1. The molecule has 0 aliphatic carbocycles. The van der Waals surface area contributed by atoms with Gasteiger partial charge in [-0.15, -0.1) is 13.2 Å². The molecule has 144 valence electrons. The van der Waals surface area contributed by atoms with Crippen molar-refractivity contribution in [3.63, 3.8) is 0 Å². The van der Waals surface area contributed by atoms with Crippen molar-refractivity contribution in [1.82, 2.24) is 15.4 Å². The summed E-state index contributed by atoms with van der Waals surface area (Å²) in [5.41, 5.74) is 4.96. The molecule has 2 aromatic heterocycles. The number of alkyl halides is 3. The molecule has 2 N–H and O–H groups in total. The maximum absolute atomic E-state index is 12.2. The highest BCUT2D eigenvalue weighted by molar-refractivity contribution is 5.54. The van der Waals surface area contributed by atoms with Gasteiger partial charge in [-0.3, -0.25) is 9.82 Å². The molecule has 6 nitrogen and oxygen atoms in total. The van der Waals surface area contributed by atoms with Crippen LogP contribution >= 0.6 is 0 Å². The molecule has 0 radical (unpaired) electrons. The van der Waals surface area contributed by atoms with Crippen LogP contribution in [0.1, 0.15) is 11.7 Å². The van der Waals surface area contributed by atoms with Gasteiger partial charge in [0, 0.05) is 12.3 Å². The van der Waals surface area contributed by atoms with Crippen LogP contribution in [0.3, 0.4) is 0 Å². The van der Waals surface area contributed by atoms with E-state index in [1.165, 1.54) is 24.3 Å². The number of rotatable bonds is 5. The number of halogens is 3. The minimum Gasteiger partial charge on any atom is -0.438 e. The van der Waals surface area contributed by atoms with E-state index in [0.29, 0.717) is 17.2 Å². The molecule has 1 atom stereocenters. The predicted molar refractivity (Wildman–Crippen MR) is 92.8 cm³/mol. The van der Waals surface area contributed by atoms with Gasteiger partial charge >= 0.3 is 6.36 Å². The fourth-order valence-electron chi connectivity index (χ4n) is 2.62. The zero-order valence-corrected chi connectivity index (χ0v) is 14.2. The Bertz CT molecular complexity index is 953. The van der Waals surface area contributed by atoms with Crippen molar-refractivity contribution in [1.29, 1.82) is 0 Å². The van der Waals surface area contributed by atoms with E-state index in [4.69, 9.17) is 9.57 Å². The standard InChI is InChI=1S/C19H14F3N3O3/c20-19(21,22)27-13-5-3-12(4-6-13)17-10-18(25-28-17)26-14-7-8-16(24-11-14)15-2-1-9-23-15/h1-11,17,23,25H/t17-/m0/s1. The van der Waals surface area contributed by atoms with Gasteiger partial charge in [0.2, 0.25) is 5.88 Å². The van der Waals surface area contributed by atoms with Crippen LogP contribution in [0.2, 0.25) is 0 Å². The largest absolute Gasteiger partial charge is 0.573 e. The second-order valence-electron chi connectivity index (χ2n) is 5.85. The van der Waals surface area contributed by atoms with Crippen molar-refractivity contribution in [2.75, 3.05) is 0 Å². The van der Waals surface area contributed by atoms with E-state index in [2.05, 4.69) is 20.2 Å². The Balaban J connectivity index is 1.40. The van der Waals surface area contributed by atoms with Gasteiger partial charge in [-0.2, -0.15) is 0 Å². The Hall–Kier alpha value is -3.46. The lowest BCUT2D eigenvalue weighted by Gasteiger charge is -2.11. The fraction of sp³-hybridized carbons (Fsp3) is 0.105. The SMILES string of the molecule is FC(F)(F)Oc1ccc([C@@H]2C=C(Oc3ccc(-c4ccc[nH]4)nc3)NO2)cc1. The maximum Gasteiger partial charge on any atom is 0.573 e. The van der Waals surface area contributed by atoms with Crippen LogP contribution < -0.4 is 15.0 Å². The second-order valence-corrected chi connectivity index (χ2v) is 5.85. The molecule has 0 spiro atoms. The molecule has 1 aliphatic rings. The molecule has 0 fully saturated rings. The van der Waals surface area contributed by atoms with E-state index in [1.807, 2.05) is 24.4 Å². The lowest BCUT2D eigenvalue weighted by atomic mass is 10.1. The average Bonchev–Trinajstić information content (AvgIpc) is 3.34. The molecule has 9 heteroatoms.